The van der Waals surface area contributed by atoms with Crippen LogP contribution in [-0.4, -0.2) is 39.6 Å². The molecular weight excluding hydrogens is 443 g/mol. The molecule has 1 aliphatic carbocycles. The van der Waals surface area contributed by atoms with E-state index in [1.807, 2.05) is 4.57 Å². The van der Waals surface area contributed by atoms with Gasteiger partial charge in [-0.3, -0.25) is 9.36 Å². The zero-order valence-electron chi connectivity index (χ0n) is 18.1. The minimum Gasteiger partial charge on any atom is -0.486 e. The molecule has 0 radical (unpaired) electrons. The Balaban J connectivity index is 1.33. The number of nitrogens with zero attached hydrogens (tertiary/aromatic N) is 3. The number of halogens is 1. The lowest BCUT2D eigenvalue weighted by Gasteiger charge is -2.25. The van der Waals surface area contributed by atoms with Crippen LogP contribution in [0, 0.1) is 5.82 Å². The van der Waals surface area contributed by atoms with Gasteiger partial charge in [-0.2, -0.15) is 0 Å². The van der Waals surface area contributed by atoms with Gasteiger partial charge in [0.15, 0.2) is 22.5 Å². The van der Waals surface area contributed by atoms with Gasteiger partial charge in [0, 0.05) is 17.8 Å². The van der Waals surface area contributed by atoms with E-state index in [1.54, 1.807) is 36.4 Å². The minimum atomic E-state index is -0.324. The van der Waals surface area contributed by atoms with E-state index in [-0.39, 0.29) is 23.5 Å². The molecular formula is C24H25FN4O3S. The molecule has 9 heteroatoms. The number of thioether (sulfide) groups is 1. The van der Waals surface area contributed by atoms with Crippen molar-refractivity contribution in [1.82, 2.24) is 14.8 Å². The highest BCUT2D eigenvalue weighted by Crippen LogP contribution is 2.36. The van der Waals surface area contributed by atoms with E-state index in [4.69, 9.17) is 9.47 Å². The van der Waals surface area contributed by atoms with Gasteiger partial charge in [0.25, 0.3) is 0 Å². The van der Waals surface area contributed by atoms with Gasteiger partial charge in [-0.1, -0.05) is 43.2 Å². The number of ether oxygens (including phenoxy) is 2. The Labute approximate surface area is 195 Å². The van der Waals surface area contributed by atoms with Gasteiger partial charge in [-0.25, -0.2) is 4.39 Å². The lowest BCUT2D eigenvalue weighted by Crippen LogP contribution is -2.18. The van der Waals surface area contributed by atoms with Crippen LogP contribution in [0.25, 0.3) is 11.4 Å². The Bertz CT molecular complexity index is 1150. The number of amides is 1. The van der Waals surface area contributed by atoms with Crippen molar-refractivity contribution in [2.75, 3.05) is 24.3 Å². The lowest BCUT2D eigenvalue weighted by molar-refractivity contribution is -0.113. The standard InChI is InChI=1S/C24H25FN4O3S/c25-19-9-5-4-8-18(19)23-27-28-24(29(23)17-6-2-1-3-7-17)33-15-22(30)26-16-10-11-20-21(14-16)32-13-12-31-20/h4-5,8-11,14,17H,1-3,6-7,12-13,15H2,(H,26,30). The molecule has 1 amide bonds. The predicted octanol–water partition coefficient (Wildman–Crippen LogP) is 5.09. The fourth-order valence-electron chi connectivity index (χ4n) is 4.32. The number of hydrogen-bond donors (Lipinski definition) is 1. The van der Waals surface area contributed by atoms with Gasteiger partial charge in [-0.15, -0.1) is 10.2 Å². The normalized spacial score (nSPS) is 15.9. The maximum absolute atomic E-state index is 14.5. The third-order valence-corrected chi connectivity index (χ3v) is 6.82. The summed E-state index contributed by atoms with van der Waals surface area (Å²) in [5.74, 6) is 1.50. The predicted molar refractivity (Wildman–Crippen MR) is 124 cm³/mol. The number of aromatic nitrogens is 3. The second-order valence-corrected chi connectivity index (χ2v) is 9.09. The smallest absolute Gasteiger partial charge is 0.234 e. The molecule has 33 heavy (non-hydrogen) atoms. The van der Waals surface area contributed by atoms with E-state index in [1.165, 1.54) is 24.2 Å². The second kappa shape index (κ2) is 9.82. The summed E-state index contributed by atoms with van der Waals surface area (Å²) in [4.78, 5) is 12.7. The number of benzene rings is 2. The summed E-state index contributed by atoms with van der Waals surface area (Å²) in [5, 5.41) is 12.2. The highest BCUT2D eigenvalue weighted by Gasteiger charge is 2.25. The molecule has 1 N–H and O–H groups in total. The van der Waals surface area contributed by atoms with Crippen molar-refractivity contribution in [3.63, 3.8) is 0 Å². The van der Waals surface area contributed by atoms with Crippen LogP contribution in [0.5, 0.6) is 11.5 Å². The van der Waals surface area contributed by atoms with Crippen LogP contribution >= 0.6 is 11.8 Å². The molecule has 7 nitrogen and oxygen atoms in total. The summed E-state index contributed by atoms with van der Waals surface area (Å²) < 4.78 is 27.7. The van der Waals surface area contributed by atoms with Crippen molar-refractivity contribution in [2.45, 2.75) is 43.3 Å². The van der Waals surface area contributed by atoms with Crippen molar-refractivity contribution in [1.29, 1.82) is 0 Å². The summed E-state index contributed by atoms with van der Waals surface area (Å²) >= 11 is 1.32. The number of fused-ring (bicyclic) bond motifs is 1. The van der Waals surface area contributed by atoms with Gasteiger partial charge in [0.2, 0.25) is 5.91 Å². The van der Waals surface area contributed by atoms with Gasteiger partial charge in [-0.05, 0) is 37.1 Å². The van der Waals surface area contributed by atoms with Crippen molar-refractivity contribution in [3.8, 4) is 22.9 Å². The molecule has 0 spiro atoms. The fourth-order valence-corrected chi connectivity index (χ4v) is 5.12. The van der Waals surface area contributed by atoms with Crippen molar-refractivity contribution in [2.24, 2.45) is 0 Å². The molecule has 1 aromatic heterocycles. The Morgan fingerprint density at radius 2 is 1.85 bits per heavy atom. The summed E-state index contributed by atoms with van der Waals surface area (Å²) in [6.07, 6.45) is 5.43. The first-order chi connectivity index (χ1) is 16.2. The first-order valence-electron chi connectivity index (χ1n) is 11.2. The largest absolute Gasteiger partial charge is 0.486 e. The topological polar surface area (TPSA) is 78.3 Å². The first kappa shape index (κ1) is 21.8. The number of carbonyl (C=O) groups excluding carboxylic acids is 1. The number of nitrogens with one attached hydrogen (secondary N) is 1. The fraction of sp³-hybridized carbons (Fsp3) is 0.375. The summed E-state index contributed by atoms with van der Waals surface area (Å²) in [6.45, 7) is 1.01. The number of rotatable bonds is 6. The third kappa shape index (κ3) is 4.83. The molecule has 0 bridgehead atoms. The molecule has 1 aliphatic heterocycles. The van der Waals surface area contributed by atoms with E-state index >= 15 is 0 Å². The van der Waals surface area contributed by atoms with E-state index in [2.05, 4.69) is 15.5 Å². The number of hydrogen-bond acceptors (Lipinski definition) is 6. The quantitative estimate of drug-likeness (QED) is 0.508. The lowest BCUT2D eigenvalue weighted by atomic mass is 9.95. The SMILES string of the molecule is O=C(CSc1nnc(-c2ccccc2F)n1C1CCCCC1)Nc1ccc2c(c1)OCCO2. The summed E-state index contributed by atoms with van der Waals surface area (Å²) in [6, 6.07) is 12.2. The number of carbonyl (C=O) groups is 1. The average Bonchev–Trinajstić information content (AvgIpc) is 3.27. The van der Waals surface area contributed by atoms with Gasteiger partial charge in [0.1, 0.15) is 19.0 Å². The van der Waals surface area contributed by atoms with Crippen molar-refractivity contribution < 1.29 is 18.7 Å². The summed E-state index contributed by atoms with van der Waals surface area (Å²) in [7, 11) is 0. The molecule has 0 saturated heterocycles. The van der Waals surface area contributed by atoms with Crippen molar-refractivity contribution in [3.05, 3.63) is 48.3 Å². The Kier molecular flexibility index (Phi) is 6.48. The van der Waals surface area contributed by atoms with Gasteiger partial charge in [0.05, 0.1) is 11.3 Å². The molecule has 172 valence electrons. The zero-order chi connectivity index (χ0) is 22.6. The molecule has 1 saturated carbocycles. The molecule has 0 unspecified atom stereocenters. The van der Waals surface area contributed by atoms with E-state index in [0.29, 0.717) is 46.9 Å². The maximum Gasteiger partial charge on any atom is 0.234 e. The second-order valence-electron chi connectivity index (χ2n) is 8.14. The third-order valence-electron chi connectivity index (χ3n) is 5.88. The monoisotopic (exact) mass is 468 g/mol. The Morgan fingerprint density at radius 1 is 1.06 bits per heavy atom. The average molecular weight is 469 g/mol. The van der Waals surface area contributed by atoms with Crippen LogP contribution in [0.3, 0.4) is 0 Å². The van der Waals surface area contributed by atoms with E-state index < -0.39 is 0 Å². The molecule has 2 aromatic carbocycles. The molecule has 5 rings (SSSR count). The molecule has 1 fully saturated rings. The molecule has 2 aliphatic rings. The van der Waals surface area contributed by atoms with E-state index in [0.717, 1.165) is 25.7 Å². The molecule has 3 aromatic rings. The van der Waals surface area contributed by atoms with Crippen LogP contribution in [0.2, 0.25) is 0 Å². The minimum absolute atomic E-state index is 0.163. The number of anilines is 1. The van der Waals surface area contributed by atoms with Crippen LogP contribution in [0.1, 0.15) is 38.1 Å². The van der Waals surface area contributed by atoms with Crippen molar-refractivity contribution >= 4 is 23.4 Å². The van der Waals surface area contributed by atoms with Crippen LogP contribution < -0.4 is 14.8 Å². The Morgan fingerprint density at radius 3 is 2.67 bits per heavy atom. The highest BCUT2D eigenvalue weighted by molar-refractivity contribution is 7.99. The first-order valence-corrected chi connectivity index (χ1v) is 12.2. The maximum atomic E-state index is 14.5. The summed E-state index contributed by atoms with van der Waals surface area (Å²) in [5.41, 5.74) is 1.08. The molecule has 0 atom stereocenters. The zero-order valence-corrected chi connectivity index (χ0v) is 18.9. The van der Waals surface area contributed by atoms with Gasteiger partial charge >= 0.3 is 0 Å². The highest BCUT2D eigenvalue weighted by atomic mass is 32.2. The Hall–Kier alpha value is -3.07. The van der Waals surface area contributed by atoms with E-state index in [9.17, 15) is 9.18 Å². The van der Waals surface area contributed by atoms with Crippen LogP contribution in [-0.2, 0) is 4.79 Å². The van der Waals surface area contributed by atoms with Crippen LogP contribution in [0.4, 0.5) is 10.1 Å². The van der Waals surface area contributed by atoms with Gasteiger partial charge < -0.3 is 14.8 Å². The molecule has 2 heterocycles. The van der Waals surface area contributed by atoms with Crippen LogP contribution in [0.15, 0.2) is 47.6 Å².